The van der Waals surface area contributed by atoms with Gasteiger partial charge in [0, 0.05) is 24.8 Å². The number of carbonyl (C=O) groups excluding carboxylic acids is 3. The molecule has 0 aliphatic rings. The van der Waals surface area contributed by atoms with Gasteiger partial charge in [-0.15, -0.1) is 0 Å². The zero-order valence-corrected chi connectivity index (χ0v) is 27.6. The minimum Gasteiger partial charge on any atom is -0.472 e. The molecule has 0 saturated heterocycles. The molecule has 4 atom stereocenters. The molecule has 4 N–H and O–H groups in total. The van der Waals surface area contributed by atoms with Crippen molar-refractivity contribution in [3.05, 3.63) is 126 Å². The highest BCUT2D eigenvalue weighted by Gasteiger charge is 2.31. The van der Waals surface area contributed by atoms with Gasteiger partial charge in [0.25, 0.3) is 0 Å². The number of aliphatic hydroxyl groups is 1. The highest BCUT2D eigenvalue weighted by Crippen LogP contribution is 2.16. The molecule has 2 aromatic heterocycles. The van der Waals surface area contributed by atoms with Crippen molar-refractivity contribution in [1.82, 2.24) is 25.8 Å². The lowest BCUT2D eigenvalue weighted by atomic mass is 9.93. The summed E-state index contributed by atoms with van der Waals surface area (Å²) >= 11 is 0. The molecule has 0 aliphatic heterocycles. The van der Waals surface area contributed by atoms with E-state index in [2.05, 4.69) is 20.9 Å². The van der Waals surface area contributed by atoms with Crippen molar-refractivity contribution in [3.8, 4) is 0 Å². The van der Waals surface area contributed by atoms with E-state index in [9.17, 15) is 19.5 Å². The number of aliphatic hydroxyl groups excluding tert-OH is 1. The topological polar surface area (TPSA) is 146 Å². The van der Waals surface area contributed by atoms with Gasteiger partial charge in [-0.1, -0.05) is 80.6 Å². The van der Waals surface area contributed by atoms with Gasteiger partial charge >= 0.3 is 12.1 Å². The number of rotatable bonds is 16. The lowest BCUT2D eigenvalue weighted by Crippen LogP contribution is -2.57. The first-order chi connectivity index (χ1) is 23.2. The second-order valence-corrected chi connectivity index (χ2v) is 12.2. The predicted octanol–water partition coefficient (Wildman–Crippen LogP) is 4.86. The van der Waals surface area contributed by atoms with Gasteiger partial charge in [-0.05, 0) is 54.5 Å². The first-order valence-electron chi connectivity index (χ1n) is 16.1. The molecule has 0 aliphatic carbocycles. The lowest BCUT2D eigenvalue weighted by Gasteiger charge is -2.31. The normalized spacial score (nSPS) is 13.5. The molecule has 0 saturated carbocycles. The maximum absolute atomic E-state index is 13.8. The summed E-state index contributed by atoms with van der Waals surface area (Å²) in [5.41, 5.74) is 3.31. The number of urea groups is 1. The molecule has 4 amide bonds. The molecule has 4 rings (SSSR count). The van der Waals surface area contributed by atoms with Gasteiger partial charge in [0.1, 0.15) is 12.6 Å². The molecule has 0 fully saturated rings. The van der Waals surface area contributed by atoms with Crippen LogP contribution in [0.25, 0.3) is 0 Å². The monoisotopic (exact) mass is 655 g/mol. The van der Waals surface area contributed by atoms with Crippen LogP contribution in [0, 0.1) is 5.92 Å². The Morgan fingerprint density at radius 2 is 1.52 bits per heavy atom. The van der Waals surface area contributed by atoms with Crippen LogP contribution in [0.15, 0.2) is 108 Å². The average Bonchev–Trinajstić information content (AvgIpc) is 3.61. The van der Waals surface area contributed by atoms with E-state index in [1.54, 1.807) is 25.4 Å². The molecule has 48 heavy (non-hydrogen) atoms. The summed E-state index contributed by atoms with van der Waals surface area (Å²) in [6.45, 7) is 4.01. The highest BCUT2D eigenvalue weighted by atomic mass is 16.5. The molecule has 11 nitrogen and oxygen atoms in total. The number of hydrogen-bond acceptors (Lipinski definition) is 7. The van der Waals surface area contributed by atoms with Gasteiger partial charge < -0.3 is 35.1 Å². The van der Waals surface area contributed by atoms with E-state index in [-0.39, 0.29) is 25.5 Å². The zero-order valence-electron chi connectivity index (χ0n) is 27.6. The van der Waals surface area contributed by atoms with Crippen LogP contribution in [-0.2, 0) is 35.5 Å². The van der Waals surface area contributed by atoms with Crippen LogP contribution in [0.5, 0.6) is 0 Å². The average molecular weight is 656 g/mol. The first-order valence-corrected chi connectivity index (χ1v) is 16.1. The molecule has 4 aromatic rings. The Bertz CT molecular complexity index is 1540. The zero-order chi connectivity index (χ0) is 34.3. The molecule has 254 valence electrons. The third kappa shape index (κ3) is 11.6. The minimum atomic E-state index is -1.06. The lowest BCUT2D eigenvalue weighted by molar-refractivity contribution is -0.125. The summed E-state index contributed by atoms with van der Waals surface area (Å²) in [5.74, 6) is -0.666. The van der Waals surface area contributed by atoms with Gasteiger partial charge in [-0.2, -0.15) is 0 Å². The number of aromatic nitrogens is 1. The third-order valence-electron chi connectivity index (χ3n) is 7.91. The van der Waals surface area contributed by atoms with Crippen molar-refractivity contribution < 1.29 is 28.6 Å². The summed E-state index contributed by atoms with van der Waals surface area (Å²) in [6, 6.07) is 23.8. The van der Waals surface area contributed by atoms with E-state index in [0.29, 0.717) is 18.4 Å². The second kappa shape index (κ2) is 18.2. The van der Waals surface area contributed by atoms with Crippen molar-refractivity contribution in [2.24, 2.45) is 5.92 Å². The van der Waals surface area contributed by atoms with Crippen LogP contribution < -0.4 is 16.0 Å². The molecule has 2 aromatic carbocycles. The predicted molar refractivity (Wildman–Crippen MR) is 182 cm³/mol. The Morgan fingerprint density at radius 1 is 0.854 bits per heavy atom. The van der Waals surface area contributed by atoms with E-state index in [4.69, 9.17) is 9.15 Å². The number of hydrogen-bond donors (Lipinski definition) is 4. The van der Waals surface area contributed by atoms with Crippen LogP contribution >= 0.6 is 0 Å². The Labute approximate surface area is 281 Å². The van der Waals surface area contributed by atoms with Gasteiger partial charge in [0.15, 0.2) is 0 Å². The number of furan rings is 1. The van der Waals surface area contributed by atoms with Gasteiger partial charge in [-0.25, -0.2) is 9.59 Å². The van der Waals surface area contributed by atoms with Crippen molar-refractivity contribution in [2.75, 3.05) is 7.05 Å². The number of carbonyl (C=O) groups is 3. The van der Waals surface area contributed by atoms with E-state index >= 15 is 0 Å². The number of alkyl carbamates (subject to hydrolysis) is 1. The van der Waals surface area contributed by atoms with Crippen LogP contribution in [0.2, 0.25) is 0 Å². The van der Waals surface area contributed by atoms with Crippen molar-refractivity contribution in [2.45, 2.75) is 70.5 Å². The van der Waals surface area contributed by atoms with Gasteiger partial charge in [0.2, 0.25) is 5.91 Å². The number of benzene rings is 2. The number of nitrogens with zero attached hydrogens (tertiary/aromatic N) is 2. The van der Waals surface area contributed by atoms with Crippen molar-refractivity contribution >= 4 is 18.0 Å². The third-order valence-corrected chi connectivity index (χ3v) is 7.91. The van der Waals surface area contributed by atoms with Crippen LogP contribution in [0.4, 0.5) is 9.59 Å². The number of pyridine rings is 1. The fraction of sp³-hybridized carbons (Fsp3) is 0.351. The number of nitrogens with one attached hydrogen (secondary N) is 3. The number of amides is 4. The smallest absolute Gasteiger partial charge is 0.407 e. The SMILES string of the molecule is CC(C)[C@H](NC(=O)N(C)Cc1ccccn1)C(=O)N[C@@H](Cc1ccccc1)[C@@H](O)C[C@H](Cc1ccccc1)NC(=O)OCc1ccoc1. The molecule has 11 heteroatoms. The largest absolute Gasteiger partial charge is 0.472 e. The Balaban J connectivity index is 1.47. The maximum atomic E-state index is 13.8. The maximum Gasteiger partial charge on any atom is 0.407 e. The molecule has 0 unspecified atom stereocenters. The van der Waals surface area contributed by atoms with E-state index < -0.39 is 42.3 Å². The number of ether oxygens (including phenoxy) is 1. The molecule has 0 spiro atoms. The fourth-order valence-corrected chi connectivity index (χ4v) is 5.29. The summed E-state index contributed by atoms with van der Waals surface area (Å²) in [7, 11) is 1.64. The van der Waals surface area contributed by atoms with E-state index in [1.807, 2.05) is 86.6 Å². The Morgan fingerprint density at radius 3 is 2.12 bits per heavy atom. The molecule has 0 bridgehead atoms. The summed E-state index contributed by atoms with van der Waals surface area (Å²) in [4.78, 5) is 45.5. The summed E-state index contributed by atoms with van der Waals surface area (Å²) in [5, 5.41) is 20.5. The van der Waals surface area contributed by atoms with Crippen LogP contribution in [0.1, 0.15) is 42.7 Å². The van der Waals surface area contributed by atoms with Crippen LogP contribution in [0.3, 0.4) is 0 Å². The van der Waals surface area contributed by atoms with E-state index in [1.165, 1.54) is 17.4 Å². The Hall–Kier alpha value is -5.16. The standard InChI is InChI=1S/C37H45N5O6/c1-26(2)34(41-36(45)42(3)23-30-16-10-11-18-38-30)35(44)40-32(21-28-14-8-5-9-15-28)33(43)22-31(20-27-12-6-4-7-13-27)39-37(46)48-25-29-17-19-47-24-29/h4-19,24,26,31-34,43H,20-23,25H2,1-3H3,(H,39,46)(H,40,44)(H,41,45)/t31-,32-,33-,34-/m0/s1. The molecular formula is C37H45N5O6. The van der Waals surface area contributed by atoms with Gasteiger partial charge in [-0.3, -0.25) is 9.78 Å². The second-order valence-electron chi connectivity index (χ2n) is 12.2. The highest BCUT2D eigenvalue weighted by molar-refractivity contribution is 5.87. The molecular weight excluding hydrogens is 610 g/mol. The van der Waals surface area contributed by atoms with Crippen molar-refractivity contribution in [1.29, 1.82) is 0 Å². The van der Waals surface area contributed by atoms with Gasteiger partial charge in [0.05, 0.1) is 36.9 Å². The van der Waals surface area contributed by atoms with Crippen molar-refractivity contribution in [3.63, 3.8) is 0 Å². The van der Waals surface area contributed by atoms with Crippen LogP contribution in [-0.4, -0.2) is 64.3 Å². The minimum absolute atomic E-state index is 0.0367. The molecule has 0 radical (unpaired) electrons. The van der Waals surface area contributed by atoms with E-state index in [0.717, 1.165) is 16.8 Å². The quantitative estimate of drug-likeness (QED) is 0.135. The first kappa shape index (κ1) is 35.7. The molecule has 2 heterocycles. The Kier molecular flexibility index (Phi) is 13.6. The summed E-state index contributed by atoms with van der Waals surface area (Å²) < 4.78 is 10.4. The fourth-order valence-electron chi connectivity index (χ4n) is 5.29. The summed E-state index contributed by atoms with van der Waals surface area (Å²) in [6.07, 6.45) is 3.85.